The maximum absolute atomic E-state index is 12.7. The smallest absolute Gasteiger partial charge is 0.233 e. The van der Waals surface area contributed by atoms with E-state index in [2.05, 4.69) is 58.2 Å². The largest absolute Gasteiger partial charge is 0.355 e. The van der Waals surface area contributed by atoms with Crippen LogP contribution >= 0.6 is 11.8 Å². The van der Waals surface area contributed by atoms with Gasteiger partial charge in [0.05, 0.1) is 17.1 Å². The third kappa shape index (κ3) is 4.73. The van der Waals surface area contributed by atoms with Crippen LogP contribution in [0.1, 0.15) is 44.2 Å². The van der Waals surface area contributed by atoms with E-state index >= 15 is 0 Å². The highest BCUT2D eigenvalue weighted by molar-refractivity contribution is 8.00. The van der Waals surface area contributed by atoms with Gasteiger partial charge in [0.1, 0.15) is 0 Å². The third-order valence-corrected chi connectivity index (χ3v) is 6.43. The van der Waals surface area contributed by atoms with Gasteiger partial charge in [0.25, 0.3) is 0 Å². The van der Waals surface area contributed by atoms with Crippen molar-refractivity contribution in [3.8, 4) is 11.3 Å². The number of benzene rings is 2. The summed E-state index contributed by atoms with van der Waals surface area (Å²) in [6.45, 7) is 4.74. The van der Waals surface area contributed by atoms with E-state index in [0.29, 0.717) is 12.6 Å². The van der Waals surface area contributed by atoms with E-state index in [4.69, 9.17) is 0 Å². The minimum atomic E-state index is -0.193. The highest BCUT2D eigenvalue weighted by Crippen LogP contribution is 2.42. The SMILES string of the molecule is CC(Sc1ncc(-c2ccccc2)n1C1CC1)C(=O)NCC(C)c1ccccc1. The van der Waals surface area contributed by atoms with E-state index in [-0.39, 0.29) is 17.1 Å². The zero-order valence-corrected chi connectivity index (χ0v) is 17.7. The molecule has 0 saturated heterocycles. The minimum absolute atomic E-state index is 0.0596. The molecule has 1 aromatic heterocycles. The van der Waals surface area contributed by atoms with Crippen molar-refractivity contribution in [3.05, 3.63) is 72.4 Å². The Morgan fingerprint density at radius 3 is 2.41 bits per heavy atom. The molecule has 3 aromatic rings. The molecule has 0 bridgehead atoms. The second kappa shape index (κ2) is 8.87. The van der Waals surface area contributed by atoms with Crippen molar-refractivity contribution in [3.63, 3.8) is 0 Å². The van der Waals surface area contributed by atoms with Crippen LogP contribution in [0, 0.1) is 0 Å². The number of hydrogen-bond acceptors (Lipinski definition) is 3. The molecule has 4 nitrogen and oxygen atoms in total. The Hall–Kier alpha value is -2.53. The van der Waals surface area contributed by atoms with E-state index in [1.807, 2.05) is 37.4 Å². The van der Waals surface area contributed by atoms with Crippen LogP contribution in [0.2, 0.25) is 0 Å². The van der Waals surface area contributed by atoms with Crippen molar-refractivity contribution in [2.45, 2.75) is 49.1 Å². The maximum atomic E-state index is 12.7. The number of imidazole rings is 1. The van der Waals surface area contributed by atoms with Gasteiger partial charge in [-0.05, 0) is 36.8 Å². The Bertz CT molecular complexity index is 951. The first kappa shape index (κ1) is 19.8. The molecular formula is C24H27N3OS. The average molecular weight is 406 g/mol. The van der Waals surface area contributed by atoms with Crippen LogP contribution in [0.5, 0.6) is 0 Å². The normalized spacial score (nSPS) is 15.7. The number of hydrogen-bond donors (Lipinski definition) is 1. The highest BCUT2D eigenvalue weighted by Gasteiger charge is 2.30. The lowest BCUT2D eigenvalue weighted by Gasteiger charge is -2.17. The number of aromatic nitrogens is 2. The van der Waals surface area contributed by atoms with Gasteiger partial charge in [0.2, 0.25) is 5.91 Å². The summed E-state index contributed by atoms with van der Waals surface area (Å²) in [6, 6.07) is 21.2. The zero-order chi connectivity index (χ0) is 20.2. The molecule has 0 radical (unpaired) electrons. The third-order valence-electron chi connectivity index (χ3n) is 5.35. The van der Waals surface area contributed by atoms with Crippen LogP contribution in [-0.4, -0.2) is 27.3 Å². The fourth-order valence-electron chi connectivity index (χ4n) is 3.45. The van der Waals surface area contributed by atoms with Crippen molar-refractivity contribution in [2.75, 3.05) is 6.54 Å². The lowest BCUT2D eigenvalue weighted by Crippen LogP contribution is -2.33. The van der Waals surface area contributed by atoms with Crippen LogP contribution < -0.4 is 5.32 Å². The number of carbonyl (C=O) groups is 1. The van der Waals surface area contributed by atoms with E-state index in [0.717, 1.165) is 10.9 Å². The number of rotatable bonds is 8. The molecule has 1 fully saturated rings. The van der Waals surface area contributed by atoms with Gasteiger partial charge in [-0.15, -0.1) is 0 Å². The van der Waals surface area contributed by atoms with Gasteiger partial charge in [-0.25, -0.2) is 4.98 Å². The Balaban J connectivity index is 1.41. The molecule has 2 unspecified atom stereocenters. The summed E-state index contributed by atoms with van der Waals surface area (Å²) < 4.78 is 2.32. The molecule has 1 aliphatic carbocycles. The first-order valence-corrected chi connectivity index (χ1v) is 11.1. The van der Waals surface area contributed by atoms with Gasteiger partial charge in [-0.3, -0.25) is 4.79 Å². The number of amides is 1. The van der Waals surface area contributed by atoms with E-state index in [9.17, 15) is 4.79 Å². The molecule has 4 rings (SSSR count). The van der Waals surface area contributed by atoms with Crippen molar-refractivity contribution in [1.82, 2.24) is 14.9 Å². The summed E-state index contributed by atoms with van der Waals surface area (Å²) in [7, 11) is 0. The van der Waals surface area contributed by atoms with Crippen molar-refractivity contribution >= 4 is 17.7 Å². The van der Waals surface area contributed by atoms with Gasteiger partial charge in [0.15, 0.2) is 5.16 Å². The molecule has 1 heterocycles. The molecule has 150 valence electrons. The summed E-state index contributed by atoms with van der Waals surface area (Å²) in [5.74, 6) is 0.347. The predicted octanol–water partition coefficient (Wildman–Crippen LogP) is 5.29. The van der Waals surface area contributed by atoms with Crippen LogP contribution in [0.4, 0.5) is 0 Å². The molecule has 2 atom stereocenters. The Morgan fingerprint density at radius 1 is 1.10 bits per heavy atom. The molecule has 1 aliphatic rings. The summed E-state index contributed by atoms with van der Waals surface area (Å²) in [5, 5.41) is 3.85. The quantitative estimate of drug-likeness (QED) is 0.518. The van der Waals surface area contributed by atoms with Gasteiger partial charge in [-0.2, -0.15) is 0 Å². The predicted molar refractivity (Wildman–Crippen MR) is 119 cm³/mol. The standard InChI is InChI=1S/C24H27N3OS/c1-17(19-9-5-3-6-10-19)15-25-23(28)18(2)29-24-26-16-22(27(24)21-13-14-21)20-11-7-4-8-12-20/h3-12,16-18,21H,13-15H2,1-2H3,(H,25,28). The molecule has 1 N–H and O–H groups in total. The van der Waals surface area contributed by atoms with Crippen LogP contribution in [0.3, 0.4) is 0 Å². The van der Waals surface area contributed by atoms with Crippen molar-refractivity contribution < 1.29 is 4.79 Å². The summed E-state index contributed by atoms with van der Waals surface area (Å²) in [4.78, 5) is 17.4. The summed E-state index contributed by atoms with van der Waals surface area (Å²) in [6.07, 6.45) is 4.30. The second-order valence-corrected chi connectivity index (χ2v) is 9.02. The van der Waals surface area contributed by atoms with Gasteiger partial charge >= 0.3 is 0 Å². The number of carbonyl (C=O) groups excluding carboxylic acids is 1. The van der Waals surface area contributed by atoms with E-state index in [1.54, 1.807) is 11.8 Å². The number of thioether (sulfide) groups is 1. The lowest BCUT2D eigenvalue weighted by molar-refractivity contribution is -0.120. The second-order valence-electron chi connectivity index (χ2n) is 7.71. The first-order valence-electron chi connectivity index (χ1n) is 10.3. The zero-order valence-electron chi connectivity index (χ0n) is 16.9. The first-order chi connectivity index (χ1) is 14.1. The fraction of sp³-hybridized carbons (Fsp3) is 0.333. The van der Waals surface area contributed by atoms with Gasteiger partial charge < -0.3 is 9.88 Å². The average Bonchev–Trinajstić information content (AvgIpc) is 3.52. The Labute approximate surface area is 176 Å². The Morgan fingerprint density at radius 2 is 1.76 bits per heavy atom. The van der Waals surface area contributed by atoms with Gasteiger partial charge in [0, 0.05) is 12.6 Å². The summed E-state index contributed by atoms with van der Waals surface area (Å²) >= 11 is 1.55. The van der Waals surface area contributed by atoms with Crippen LogP contribution in [-0.2, 0) is 4.79 Å². The van der Waals surface area contributed by atoms with Gasteiger partial charge in [-0.1, -0.05) is 79.3 Å². The van der Waals surface area contributed by atoms with E-state index in [1.165, 1.54) is 24.0 Å². The lowest BCUT2D eigenvalue weighted by atomic mass is 10.0. The van der Waals surface area contributed by atoms with E-state index < -0.39 is 0 Å². The topological polar surface area (TPSA) is 46.9 Å². The monoisotopic (exact) mass is 405 g/mol. The molecule has 29 heavy (non-hydrogen) atoms. The van der Waals surface area contributed by atoms with Crippen LogP contribution in [0.25, 0.3) is 11.3 Å². The maximum Gasteiger partial charge on any atom is 0.233 e. The molecule has 5 heteroatoms. The summed E-state index contributed by atoms with van der Waals surface area (Å²) in [5.41, 5.74) is 3.55. The van der Waals surface area contributed by atoms with Crippen LogP contribution in [0.15, 0.2) is 72.0 Å². The minimum Gasteiger partial charge on any atom is -0.355 e. The highest BCUT2D eigenvalue weighted by atomic mass is 32.2. The molecule has 1 saturated carbocycles. The van der Waals surface area contributed by atoms with Crippen molar-refractivity contribution in [2.24, 2.45) is 0 Å². The Kier molecular flexibility index (Phi) is 6.05. The fourth-order valence-corrected chi connectivity index (χ4v) is 4.43. The number of nitrogens with one attached hydrogen (secondary N) is 1. The molecule has 2 aromatic carbocycles. The van der Waals surface area contributed by atoms with Crippen molar-refractivity contribution in [1.29, 1.82) is 0 Å². The number of nitrogens with zero attached hydrogens (tertiary/aromatic N) is 2. The molecule has 0 spiro atoms. The molecule has 0 aliphatic heterocycles. The molecular weight excluding hydrogens is 378 g/mol. The molecule has 1 amide bonds.